The zero-order valence-corrected chi connectivity index (χ0v) is 20.1. The third-order valence-electron chi connectivity index (χ3n) is 4.62. The number of ether oxygens (including phenoxy) is 2. The largest absolute Gasteiger partial charge is 0.493 e. The molecule has 162 valence electrons. The van der Waals surface area contributed by atoms with Crippen LogP contribution in [0, 0.1) is 4.77 Å². The van der Waals surface area contributed by atoms with Crippen LogP contribution in [-0.2, 0) is 6.61 Å². The molecule has 1 heterocycles. The fraction of sp³-hybridized carbons (Fsp3) is 0.0870. The molecule has 0 bridgehead atoms. The first-order valence-corrected chi connectivity index (χ1v) is 11.2. The van der Waals surface area contributed by atoms with Crippen molar-refractivity contribution >= 4 is 46.0 Å². The summed E-state index contributed by atoms with van der Waals surface area (Å²) in [5.41, 5.74) is 2.58. The molecule has 1 N–H and O–H groups in total. The predicted octanol–water partition coefficient (Wildman–Crippen LogP) is 6.49. The van der Waals surface area contributed by atoms with E-state index in [1.807, 2.05) is 66.7 Å². The zero-order chi connectivity index (χ0) is 22.5. The summed E-state index contributed by atoms with van der Waals surface area (Å²) in [4.78, 5) is 0. The highest BCUT2D eigenvalue weighted by atomic mass is 79.9. The maximum absolute atomic E-state index is 6.22. The zero-order valence-electron chi connectivity index (χ0n) is 17.0. The van der Waals surface area contributed by atoms with Crippen LogP contribution >= 0.6 is 39.7 Å². The van der Waals surface area contributed by atoms with Crippen molar-refractivity contribution in [1.82, 2.24) is 14.9 Å². The molecule has 0 aliphatic carbocycles. The molecule has 32 heavy (non-hydrogen) atoms. The van der Waals surface area contributed by atoms with E-state index in [2.05, 4.69) is 31.2 Å². The van der Waals surface area contributed by atoms with E-state index in [1.54, 1.807) is 18.0 Å². The molecule has 9 heteroatoms. The Bertz CT molecular complexity index is 1320. The monoisotopic (exact) mass is 528 g/mol. The number of halogens is 2. The number of methoxy groups -OCH3 is 1. The Morgan fingerprint density at radius 3 is 2.62 bits per heavy atom. The van der Waals surface area contributed by atoms with E-state index in [4.69, 9.17) is 33.3 Å². The van der Waals surface area contributed by atoms with Crippen LogP contribution in [0.3, 0.4) is 0 Å². The average Bonchev–Trinajstić information content (AvgIpc) is 3.18. The SMILES string of the molecule is COc1cc(/C=N\n2c(-c3ccccc3)n[nH]c2=S)c(Br)cc1OCc1ccccc1Cl. The molecule has 0 aliphatic rings. The van der Waals surface area contributed by atoms with Crippen molar-refractivity contribution in [3.8, 4) is 22.9 Å². The van der Waals surface area contributed by atoms with Crippen molar-refractivity contribution in [2.24, 2.45) is 5.10 Å². The number of nitrogens with one attached hydrogen (secondary N) is 1. The molecule has 0 spiro atoms. The van der Waals surface area contributed by atoms with Crippen molar-refractivity contribution in [2.75, 3.05) is 7.11 Å². The molecule has 0 amide bonds. The quantitative estimate of drug-likeness (QED) is 0.219. The molecule has 6 nitrogen and oxygen atoms in total. The molecular weight excluding hydrogens is 512 g/mol. The third-order valence-corrected chi connectivity index (χ3v) is 5.94. The van der Waals surface area contributed by atoms with Crippen LogP contribution in [0.4, 0.5) is 0 Å². The maximum Gasteiger partial charge on any atom is 0.216 e. The molecular formula is C23H18BrClN4O2S. The van der Waals surface area contributed by atoms with E-state index < -0.39 is 0 Å². The van der Waals surface area contributed by atoms with Gasteiger partial charge in [-0.05, 0) is 46.3 Å². The number of nitrogens with zero attached hydrogens (tertiary/aromatic N) is 3. The first-order valence-electron chi connectivity index (χ1n) is 9.57. The number of benzene rings is 3. The number of hydrogen-bond donors (Lipinski definition) is 1. The van der Waals surface area contributed by atoms with Crippen LogP contribution in [-0.4, -0.2) is 28.2 Å². The van der Waals surface area contributed by atoms with E-state index in [-0.39, 0.29) is 0 Å². The van der Waals surface area contributed by atoms with E-state index in [0.29, 0.717) is 33.7 Å². The van der Waals surface area contributed by atoms with Gasteiger partial charge in [0.25, 0.3) is 0 Å². The van der Waals surface area contributed by atoms with Gasteiger partial charge in [0.15, 0.2) is 17.3 Å². The van der Waals surface area contributed by atoms with Gasteiger partial charge in [0.05, 0.1) is 13.3 Å². The van der Waals surface area contributed by atoms with Gasteiger partial charge in [-0.3, -0.25) is 0 Å². The van der Waals surface area contributed by atoms with Gasteiger partial charge in [0.1, 0.15) is 6.61 Å². The van der Waals surface area contributed by atoms with Crippen molar-refractivity contribution in [3.05, 3.63) is 92.1 Å². The lowest BCUT2D eigenvalue weighted by Crippen LogP contribution is -2.00. The molecule has 0 radical (unpaired) electrons. The predicted molar refractivity (Wildman–Crippen MR) is 132 cm³/mol. The Kier molecular flexibility index (Phi) is 7.04. The topological polar surface area (TPSA) is 64.4 Å². The molecule has 4 aromatic rings. The summed E-state index contributed by atoms with van der Waals surface area (Å²) in [5, 5.41) is 12.3. The highest BCUT2D eigenvalue weighted by Gasteiger charge is 2.12. The standard InChI is InChI=1S/C23H18BrClN4O2S/c1-30-20-11-17(18(24)12-21(20)31-14-16-9-5-6-10-19(16)25)13-26-29-22(27-28-23(29)32)15-7-3-2-4-8-15/h2-13H,14H2,1H3,(H,28,32)/b26-13-. The molecule has 0 aliphatic heterocycles. The van der Waals surface area contributed by atoms with Crippen molar-refractivity contribution in [3.63, 3.8) is 0 Å². The summed E-state index contributed by atoms with van der Waals surface area (Å²) >= 11 is 15.2. The number of aromatic amines is 1. The Morgan fingerprint density at radius 2 is 1.88 bits per heavy atom. The van der Waals surface area contributed by atoms with E-state index in [9.17, 15) is 0 Å². The molecule has 4 rings (SSSR count). The van der Waals surface area contributed by atoms with Gasteiger partial charge in [-0.1, -0.05) is 60.1 Å². The molecule has 3 aromatic carbocycles. The summed E-state index contributed by atoms with van der Waals surface area (Å²) in [6.07, 6.45) is 1.68. The number of rotatable bonds is 7. The minimum atomic E-state index is 0.320. The minimum absolute atomic E-state index is 0.320. The van der Waals surface area contributed by atoms with Gasteiger partial charge in [-0.15, -0.1) is 0 Å². The highest BCUT2D eigenvalue weighted by molar-refractivity contribution is 9.10. The summed E-state index contributed by atoms with van der Waals surface area (Å²) in [6, 6.07) is 20.9. The Labute approximate surface area is 203 Å². The average molecular weight is 530 g/mol. The van der Waals surface area contributed by atoms with Gasteiger partial charge >= 0.3 is 0 Å². The van der Waals surface area contributed by atoms with Gasteiger partial charge in [0.2, 0.25) is 4.77 Å². The lowest BCUT2D eigenvalue weighted by molar-refractivity contribution is 0.284. The van der Waals surface area contributed by atoms with Crippen molar-refractivity contribution < 1.29 is 9.47 Å². The lowest BCUT2D eigenvalue weighted by Gasteiger charge is -2.13. The second-order valence-electron chi connectivity index (χ2n) is 6.68. The van der Waals surface area contributed by atoms with Crippen molar-refractivity contribution in [2.45, 2.75) is 6.61 Å². The Hall–Kier alpha value is -2.94. The molecule has 0 unspecified atom stereocenters. The van der Waals surface area contributed by atoms with E-state index in [0.717, 1.165) is 21.2 Å². The molecule has 0 saturated heterocycles. The summed E-state index contributed by atoms with van der Waals surface area (Å²) in [5.74, 6) is 1.77. The van der Waals surface area contributed by atoms with E-state index in [1.165, 1.54) is 0 Å². The summed E-state index contributed by atoms with van der Waals surface area (Å²) in [6.45, 7) is 0.320. The fourth-order valence-electron chi connectivity index (χ4n) is 2.99. The first kappa shape index (κ1) is 22.3. The normalized spacial score (nSPS) is 11.1. The Balaban J connectivity index is 1.61. The lowest BCUT2D eigenvalue weighted by atomic mass is 10.2. The van der Waals surface area contributed by atoms with Gasteiger partial charge in [-0.25, -0.2) is 5.10 Å². The van der Waals surface area contributed by atoms with Crippen LogP contribution in [0.1, 0.15) is 11.1 Å². The minimum Gasteiger partial charge on any atom is -0.493 e. The Morgan fingerprint density at radius 1 is 1.12 bits per heavy atom. The van der Waals surface area contributed by atoms with Crippen LogP contribution in [0.25, 0.3) is 11.4 Å². The van der Waals surface area contributed by atoms with Crippen LogP contribution in [0.5, 0.6) is 11.5 Å². The van der Waals surface area contributed by atoms with Crippen LogP contribution in [0.15, 0.2) is 76.3 Å². The number of aromatic nitrogens is 3. The van der Waals surface area contributed by atoms with E-state index >= 15 is 0 Å². The molecule has 0 atom stereocenters. The van der Waals surface area contributed by atoms with Crippen LogP contribution in [0.2, 0.25) is 5.02 Å². The number of H-pyrrole nitrogens is 1. The molecule has 0 fully saturated rings. The summed E-state index contributed by atoms with van der Waals surface area (Å²) < 4.78 is 14.2. The van der Waals surface area contributed by atoms with Gasteiger partial charge in [0, 0.05) is 26.2 Å². The highest BCUT2D eigenvalue weighted by Crippen LogP contribution is 2.34. The van der Waals surface area contributed by atoms with Crippen molar-refractivity contribution in [1.29, 1.82) is 0 Å². The number of hydrogen-bond acceptors (Lipinski definition) is 5. The fourth-order valence-corrected chi connectivity index (χ4v) is 3.78. The molecule has 1 aromatic heterocycles. The van der Waals surface area contributed by atoms with Gasteiger partial charge in [-0.2, -0.15) is 14.9 Å². The second-order valence-corrected chi connectivity index (χ2v) is 8.33. The molecule has 0 saturated carbocycles. The van der Waals surface area contributed by atoms with Gasteiger partial charge < -0.3 is 9.47 Å². The maximum atomic E-state index is 6.22. The second kappa shape index (κ2) is 10.1. The first-order chi connectivity index (χ1) is 15.6. The smallest absolute Gasteiger partial charge is 0.216 e. The third kappa shape index (κ3) is 4.93. The summed E-state index contributed by atoms with van der Waals surface area (Å²) in [7, 11) is 1.59. The van der Waals surface area contributed by atoms with Crippen LogP contribution < -0.4 is 9.47 Å².